The number of aryl methyl sites for hydroxylation is 1. The number of nitrogens with one attached hydrogen (secondary N) is 1. The van der Waals surface area contributed by atoms with Crippen LogP contribution in [-0.4, -0.2) is 51.9 Å². The number of aromatic amines is 1. The van der Waals surface area contributed by atoms with Crippen molar-refractivity contribution in [2.45, 2.75) is 19.4 Å². The number of amides is 1. The molecule has 1 aliphatic heterocycles. The summed E-state index contributed by atoms with van der Waals surface area (Å²) in [6, 6.07) is 8.88. The van der Waals surface area contributed by atoms with E-state index in [0.717, 1.165) is 11.4 Å². The number of benzene rings is 1. The van der Waals surface area contributed by atoms with Gasteiger partial charge < -0.3 is 14.7 Å². The maximum atomic E-state index is 12.3. The zero-order valence-corrected chi connectivity index (χ0v) is 14.2. The number of aromatic nitrogens is 2. The molecule has 2 aromatic rings. The van der Waals surface area contributed by atoms with Gasteiger partial charge in [-0.25, -0.2) is 0 Å². The van der Waals surface area contributed by atoms with Crippen LogP contribution >= 0.6 is 11.6 Å². The van der Waals surface area contributed by atoms with Gasteiger partial charge in [0, 0.05) is 29.7 Å². The average Bonchev–Trinajstić information content (AvgIpc) is 3.12. The molecule has 2 heterocycles. The second-order valence-corrected chi connectivity index (χ2v) is 6.56. The number of carbonyl (C=O) groups excluding carboxylic acids is 1. The van der Waals surface area contributed by atoms with E-state index >= 15 is 0 Å². The fraction of sp³-hybridized carbons (Fsp3) is 0.412. The normalized spacial score (nSPS) is 20.4. The van der Waals surface area contributed by atoms with Crippen molar-refractivity contribution in [3.05, 3.63) is 46.7 Å². The Bertz CT molecular complexity index is 719. The highest BCUT2D eigenvalue weighted by Gasteiger charge is 2.34. The van der Waals surface area contributed by atoms with Gasteiger partial charge in [0.2, 0.25) is 0 Å². The van der Waals surface area contributed by atoms with Crippen LogP contribution < -0.4 is 4.74 Å². The fourth-order valence-corrected chi connectivity index (χ4v) is 3.08. The molecule has 1 amide bonds. The van der Waals surface area contributed by atoms with E-state index in [-0.39, 0.29) is 18.4 Å². The number of ether oxygens (including phenoxy) is 1. The lowest BCUT2D eigenvalue weighted by Crippen LogP contribution is -2.33. The molecule has 0 aliphatic carbocycles. The SMILES string of the molecule is Cc1cc(C[C@@H]2CN(C(=O)COc3cccc(Cl)c3)C[C@@H]2O)n[nH]1. The van der Waals surface area contributed by atoms with Gasteiger partial charge in [-0.15, -0.1) is 0 Å². The predicted octanol–water partition coefficient (Wildman–Crippen LogP) is 1.81. The van der Waals surface area contributed by atoms with Crippen molar-refractivity contribution in [1.29, 1.82) is 0 Å². The van der Waals surface area contributed by atoms with E-state index in [9.17, 15) is 9.90 Å². The number of halogens is 1. The van der Waals surface area contributed by atoms with E-state index < -0.39 is 6.10 Å². The number of aliphatic hydroxyl groups excluding tert-OH is 1. The van der Waals surface area contributed by atoms with Gasteiger partial charge >= 0.3 is 0 Å². The summed E-state index contributed by atoms with van der Waals surface area (Å²) in [4.78, 5) is 13.9. The monoisotopic (exact) mass is 349 g/mol. The molecule has 0 spiro atoms. The Kier molecular flexibility index (Phi) is 5.06. The zero-order valence-electron chi connectivity index (χ0n) is 13.4. The van der Waals surface area contributed by atoms with Crippen molar-refractivity contribution < 1.29 is 14.6 Å². The van der Waals surface area contributed by atoms with Crippen LogP contribution in [0.15, 0.2) is 30.3 Å². The fourth-order valence-electron chi connectivity index (χ4n) is 2.90. The topological polar surface area (TPSA) is 78.5 Å². The van der Waals surface area contributed by atoms with Gasteiger partial charge in [-0.2, -0.15) is 5.10 Å². The molecule has 0 unspecified atom stereocenters. The van der Waals surface area contributed by atoms with Crippen molar-refractivity contribution in [3.63, 3.8) is 0 Å². The van der Waals surface area contributed by atoms with Crippen molar-refractivity contribution in [2.75, 3.05) is 19.7 Å². The third kappa shape index (κ3) is 4.07. The molecule has 0 bridgehead atoms. The molecule has 1 aromatic carbocycles. The van der Waals surface area contributed by atoms with Gasteiger partial charge in [0.05, 0.1) is 11.8 Å². The summed E-state index contributed by atoms with van der Waals surface area (Å²) in [5, 5.41) is 17.9. The van der Waals surface area contributed by atoms with E-state index in [4.69, 9.17) is 16.3 Å². The number of likely N-dealkylation sites (tertiary alicyclic amines) is 1. The standard InChI is InChI=1S/C17H20ClN3O3/c1-11-5-14(20-19-11)6-12-8-21(9-16(12)22)17(23)10-24-15-4-2-3-13(18)7-15/h2-5,7,12,16,22H,6,8-10H2,1H3,(H,19,20)/t12-,16+/m1/s1. The Labute approximate surface area is 145 Å². The number of rotatable bonds is 5. The van der Waals surface area contributed by atoms with Crippen LogP contribution in [0, 0.1) is 12.8 Å². The molecular formula is C17H20ClN3O3. The largest absolute Gasteiger partial charge is 0.484 e. The van der Waals surface area contributed by atoms with Crippen LogP contribution in [0.3, 0.4) is 0 Å². The maximum Gasteiger partial charge on any atom is 0.260 e. The van der Waals surface area contributed by atoms with Gasteiger partial charge in [-0.3, -0.25) is 9.89 Å². The van der Waals surface area contributed by atoms with Crippen LogP contribution in [0.5, 0.6) is 5.75 Å². The highest BCUT2D eigenvalue weighted by Crippen LogP contribution is 2.22. The molecular weight excluding hydrogens is 330 g/mol. The Hall–Kier alpha value is -2.05. The number of H-pyrrole nitrogens is 1. The minimum Gasteiger partial charge on any atom is -0.484 e. The smallest absolute Gasteiger partial charge is 0.260 e. The third-order valence-corrected chi connectivity index (χ3v) is 4.38. The van der Waals surface area contributed by atoms with Gasteiger partial charge in [0.25, 0.3) is 5.91 Å². The molecule has 0 radical (unpaired) electrons. The van der Waals surface area contributed by atoms with Gasteiger partial charge in [-0.05, 0) is 37.6 Å². The highest BCUT2D eigenvalue weighted by atomic mass is 35.5. The van der Waals surface area contributed by atoms with Gasteiger partial charge in [0.1, 0.15) is 5.75 Å². The van der Waals surface area contributed by atoms with Crippen molar-refractivity contribution >= 4 is 17.5 Å². The van der Waals surface area contributed by atoms with E-state index in [2.05, 4.69) is 10.2 Å². The molecule has 2 N–H and O–H groups in total. The average molecular weight is 350 g/mol. The quantitative estimate of drug-likeness (QED) is 0.863. The van der Waals surface area contributed by atoms with Gasteiger partial charge in [-0.1, -0.05) is 17.7 Å². The van der Waals surface area contributed by atoms with Gasteiger partial charge in [0.15, 0.2) is 6.61 Å². The second kappa shape index (κ2) is 7.23. The van der Waals surface area contributed by atoms with Crippen molar-refractivity contribution in [1.82, 2.24) is 15.1 Å². The summed E-state index contributed by atoms with van der Waals surface area (Å²) >= 11 is 5.89. The molecule has 2 atom stereocenters. The molecule has 1 fully saturated rings. The molecule has 1 saturated heterocycles. The van der Waals surface area contributed by atoms with E-state index in [0.29, 0.717) is 30.3 Å². The molecule has 3 rings (SSSR count). The summed E-state index contributed by atoms with van der Waals surface area (Å²) in [7, 11) is 0. The van der Waals surface area contributed by atoms with Crippen LogP contribution in [0.2, 0.25) is 5.02 Å². The molecule has 0 saturated carbocycles. The first kappa shape index (κ1) is 16.8. The zero-order chi connectivity index (χ0) is 17.1. The van der Waals surface area contributed by atoms with Crippen molar-refractivity contribution in [2.24, 2.45) is 5.92 Å². The van der Waals surface area contributed by atoms with E-state index in [1.165, 1.54) is 0 Å². The third-order valence-electron chi connectivity index (χ3n) is 4.15. The minimum atomic E-state index is -0.544. The number of hydrogen-bond acceptors (Lipinski definition) is 4. The van der Waals surface area contributed by atoms with Crippen LogP contribution in [-0.2, 0) is 11.2 Å². The van der Waals surface area contributed by atoms with Crippen molar-refractivity contribution in [3.8, 4) is 5.75 Å². The van der Waals surface area contributed by atoms with Crippen LogP contribution in [0.25, 0.3) is 0 Å². The number of hydrogen-bond donors (Lipinski definition) is 2. The summed E-state index contributed by atoms with van der Waals surface area (Å²) in [6.45, 7) is 2.70. The molecule has 128 valence electrons. The lowest BCUT2D eigenvalue weighted by Gasteiger charge is -2.16. The Balaban J connectivity index is 1.52. The maximum absolute atomic E-state index is 12.3. The second-order valence-electron chi connectivity index (χ2n) is 6.12. The summed E-state index contributed by atoms with van der Waals surface area (Å²) in [5.74, 6) is 0.400. The predicted molar refractivity (Wildman–Crippen MR) is 90.1 cm³/mol. The first-order valence-electron chi connectivity index (χ1n) is 7.86. The van der Waals surface area contributed by atoms with E-state index in [1.807, 2.05) is 13.0 Å². The number of aliphatic hydroxyl groups is 1. The Morgan fingerprint density at radius 1 is 1.46 bits per heavy atom. The van der Waals surface area contributed by atoms with Crippen LogP contribution in [0.4, 0.5) is 0 Å². The Morgan fingerprint density at radius 3 is 3.00 bits per heavy atom. The summed E-state index contributed by atoms with van der Waals surface area (Å²) in [5.41, 5.74) is 1.89. The van der Waals surface area contributed by atoms with Crippen LogP contribution in [0.1, 0.15) is 11.4 Å². The molecule has 7 heteroatoms. The first-order chi connectivity index (χ1) is 11.5. The number of β-amino-alcohol motifs (C(OH)–C–C–N with tert-alkyl or cyclic N) is 1. The molecule has 24 heavy (non-hydrogen) atoms. The van der Waals surface area contributed by atoms with E-state index in [1.54, 1.807) is 29.2 Å². The Morgan fingerprint density at radius 2 is 2.29 bits per heavy atom. The number of carbonyl (C=O) groups is 1. The number of nitrogens with zero attached hydrogens (tertiary/aromatic N) is 2. The lowest BCUT2D eigenvalue weighted by atomic mass is 10.0. The molecule has 1 aliphatic rings. The lowest BCUT2D eigenvalue weighted by molar-refractivity contribution is -0.132. The first-order valence-corrected chi connectivity index (χ1v) is 8.24. The summed E-state index contributed by atoms with van der Waals surface area (Å²) < 4.78 is 5.48. The minimum absolute atomic E-state index is 0.0113. The molecule has 6 nitrogen and oxygen atoms in total. The highest BCUT2D eigenvalue weighted by molar-refractivity contribution is 6.30. The summed E-state index contributed by atoms with van der Waals surface area (Å²) in [6.07, 6.45) is 0.0990. The molecule has 1 aromatic heterocycles.